The van der Waals surface area contributed by atoms with E-state index in [0.29, 0.717) is 6.54 Å². The summed E-state index contributed by atoms with van der Waals surface area (Å²) in [7, 11) is -3.15. The SMILES string of the molecule is O=S(=O)(CC1CCCCN1)NCCN1CCOCC1. The predicted octanol–water partition coefficient (Wildman–Crippen LogP) is -0.620. The molecule has 2 fully saturated rings. The number of ether oxygens (including phenoxy) is 1. The third kappa shape index (κ3) is 5.74. The molecule has 2 saturated heterocycles. The Morgan fingerprint density at radius 1 is 1.26 bits per heavy atom. The maximum Gasteiger partial charge on any atom is 0.213 e. The molecule has 2 aliphatic heterocycles. The van der Waals surface area contributed by atoms with Crippen molar-refractivity contribution < 1.29 is 13.2 Å². The van der Waals surface area contributed by atoms with Crippen LogP contribution < -0.4 is 10.0 Å². The first-order chi connectivity index (χ1) is 9.16. The van der Waals surface area contributed by atoms with Gasteiger partial charge in [0, 0.05) is 32.2 Å². The van der Waals surface area contributed by atoms with Crippen molar-refractivity contribution >= 4 is 10.0 Å². The van der Waals surface area contributed by atoms with E-state index >= 15 is 0 Å². The van der Waals surface area contributed by atoms with E-state index in [1.807, 2.05) is 0 Å². The zero-order valence-corrected chi connectivity index (χ0v) is 12.3. The molecule has 0 amide bonds. The average Bonchev–Trinajstić information content (AvgIpc) is 2.40. The van der Waals surface area contributed by atoms with Gasteiger partial charge in [-0.1, -0.05) is 6.42 Å². The molecule has 112 valence electrons. The van der Waals surface area contributed by atoms with Crippen molar-refractivity contribution in [3.05, 3.63) is 0 Å². The number of sulfonamides is 1. The van der Waals surface area contributed by atoms with Gasteiger partial charge >= 0.3 is 0 Å². The number of nitrogens with one attached hydrogen (secondary N) is 2. The monoisotopic (exact) mass is 291 g/mol. The minimum Gasteiger partial charge on any atom is -0.379 e. The van der Waals surface area contributed by atoms with E-state index in [0.717, 1.165) is 58.7 Å². The number of piperidine rings is 1. The van der Waals surface area contributed by atoms with Crippen LogP contribution in [0.2, 0.25) is 0 Å². The van der Waals surface area contributed by atoms with Crippen LogP contribution in [0.3, 0.4) is 0 Å². The Labute approximate surface area is 115 Å². The van der Waals surface area contributed by atoms with Gasteiger partial charge in [-0.3, -0.25) is 4.90 Å². The highest BCUT2D eigenvalue weighted by molar-refractivity contribution is 7.89. The molecular weight excluding hydrogens is 266 g/mol. The van der Waals surface area contributed by atoms with Crippen LogP contribution in [0.25, 0.3) is 0 Å². The summed E-state index contributed by atoms with van der Waals surface area (Å²) in [6.45, 7) is 5.49. The van der Waals surface area contributed by atoms with E-state index < -0.39 is 10.0 Å². The molecule has 2 aliphatic rings. The van der Waals surface area contributed by atoms with Crippen LogP contribution in [-0.4, -0.2) is 71.0 Å². The minimum atomic E-state index is -3.15. The molecule has 0 spiro atoms. The van der Waals surface area contributed by atoms with E-state index in [-0.39, 0.29) is 11.8 Å². The molecule has 7 heteroatoms. The lowest BCUT2D eigenvalue weighted by atomic mass is 10.1. The number of nitrogens with zero attached hydrogens (tertiary/aromatic N) is 1. The molecular formula is C12H25N3O3S. The Bertz CT molecular complexity index is 349. The molecule has 0 aromatic carbocycles. The number of rotatable bonds is 6. The van der Waals surface area contributed by atoms with Crippen LogP contribution >= 0.6 is 0 Å². The van der Waals surface area contributed by atoms with E-state index in [9.17, 15) is 8.42 Å². The van der Waals surface area contributed by atoms with Crippen LogP contribution in [-0.2, 0) is 14.8 Å². The van der Waals surface area contributed by atoms with Gasteiger partial charge in [-0.25, -0.2) is 13.1 Å². The van der Waals surface area contributed by atoms with E-state index in [1.165, 1.54) is 0 Å². The normalized spacial score (nSPS) is 26.4. The molecule has 0 aromatic heterocycles. The summed E-state index contributed by atoms with van der Waals surface area (Å²) < 4.78 is 31.9. The molecule has 0 aliphatic carbocycles. The van der Waals surface area contributed by atoms with Crippen molar-refractivity contribution in [2.45, 2.75) is 25.3 Å². The van der Waals surface area contributed by atoms with Crippen LogP contribution in [0.1, 0.15) is 19.3 Å². The molecule has 0 radical (unpaired) electrons. The quantitative estimate of drug-likeness (QED) is 0.682. The number of hydrogen-bond acceptors (Lipinski definition) is 5. The van der Waals surface area contributed by atoms with Crippen molar-refractivity contribution in [1.29, 1.82) is 0 Å². The Balaban J connectivity index is 1.65. The van der Waals surface area contributed by atoms with Gasteiger partial charge in [0.1, 0.15) is 0 Å². The predicted molar refractivity (Wildman–Crippen MR) is 74.7 cm³/mol. The summed E-state index contributed by atoms with van der Waals surface area (Å²) in [5.74, 6) is 0.204. The summed E-state index contributed by atoms with van der Waals surface area (Å²) in [6, 6.07) is 0.120. The highest BCUT2D eigenvalue weighted by Crippen LogP contribution is 2.08. The van der Waals surface area contributed by atoms with Crippen molar-refractivity contribution in [1.82, 2.24) is 14.9 Å². The van der Waals surface area contributed by atoms with Gasteiger partial charge in [0.05, 0.1) is 19.0 Å². The fraction of sp³-hybridized carbons (Fsp3) is 1.00. The van der Waals surface area contributed by atoms with E-state index in [4.69, 9.17) is 4.74 Å². The van der Waals surface area contributed by atoms with Crippen molar-refractivity contribution in [2.24, 2.45) is 0 Å². The van der Waals surface area contributed by atoms with Gasteiger partial charge in [-0.05, 0) is 19.4 Å². The Kier molecular flexibility index (Phi) is 6.03. The Hall–Kier alpha value is -0.210. The number of morpholine rings is 1. The maximum atomic E-state index is 11.9. The molecule has 2 rings (SSSR count). The van der Waals surface area contributed by atoms with Crippen LogP contribution in [0.5, 0.6) is 0 Å². The van der Waals surface area contributed by atoms with Gasteiger partial charge in [0.25, 0.3) is 0 Å². The van der Waals surface area contributed by atoms with Crippen LogP contribution in [0, 0.1) is 0 Å². The lowest BCUT2D eigenvalue weighted by Crippen LogP contribution is -2.45. The fourth-order valence-electron chi connectivity index (χ4n) is 2.57. The topological polar surface area (TPSA) is 70.7 Å². The molecule has 0 aromatic rings. The van der Waals surface area contributed by atoms with E-state index in [2.05, 4.69) is 14.9 Å². The molecule has 0 bridgehead atoms. The molecule has 2 heterocycles. The zero-order chi connectivity index (χ0) is 13.6. The van der Waals surface area contributed by atoms with E-state index in [1.54, 1.807) is 0 Å². The van der Waals surface area contributed by atoms with Gasteiger partial charge in [0.15, 0.2) is 0 Å². The Morgan fingerprint density at radius 2 is 2.05 bits per heavy atom. The van der Waals surface area contributed by atoms with Crippen molar-refractivity contribution in [3.63, 3.8) is 0 Å². The highest BCUT2D eigenvalue weighted by Gasteiger charge is 2.20. The van der Waals surface area contributed by atoms with Gasteiger partial charge in [-0.2, -0.15) is 0 Å². The largest absolute Gasteiger partial charge is 0.379 e. The second-order valence-electron chi connectivity index (χ2n) is 5.28. The molecule has 2 N–H and O–H groups in total. The van der Waals surface area contributed by atoms with Gasteiger partial charge < -0.3 is 10.1 Å². The molecule has 6 nitrogen and oxygen atoms in total. The summed E-state index contributed by atoms with van der Waals surface area (Å²) in [5, 5.41) is 3.27. The second-order valence-corrected chi connectivity index (χ2v) is 7.13. The third-order valence-corrected chi connectivity index (χ3v) is 5.17. The van der Waals surface area contributed by atoms with Crippen LogP contribution in [0.15, 0.2) is 0 Å². The maximum absolute atomic E-state index is 11.9. The third-order valence-electron chi connectivity index (χ3n) is 3.69. The van der Waals surface area contributed by atoms with Gasteiger partial charge in [0.2, 0.25) is 10.0 Å². The number of hydrogen-bond donors (Lipinski definition) is 2. The molecule has 0 saturated carbocycles. The summed E-state index contributed by atoms with van der Waals surface area (Å²) in [5.41, 5.74) is 0. The molecule has 1 unspecified atom stereocenters. The smallest absolute Gasteiger partial charge is 0.213 e. The zero-order valence-electron chi connectivity index (χ0n) is 11.4. The first kappa shape index (κ1) is 15.2. The summed E-state index contributed by atoms with van der Waals surface area (Å²) in [4.78, 5) is 2.23. The van der Waals surface area contributed by atoms with Gasteiger partial charge in [-0.15, -0.1) is 0 Å². The minimum absolute atomic E-state index is 0.120. The van der Waals surface area contributed by atoms with Crippen LogP contribution in [0.4, 0.5) is 0 Å². The highest BCUT2D eigenvalue weighted by atomic mass is 32.2. The lowest BCUT2D eigenvalue weighted by molar-refractivity contribution is 0.0390. The summed E-state index contributed by atoms with van der Waals surface area (Å²) >= 11 is 0. The Morgan fingerprint density at radius 3 is 2.74 bits per heavy atom. The second kappa shape index (κ2) is 7.54. The summed E-state index contributed by atoms with van der Waals surface area (Å²) in [6.07, 6.45) is 3.24. The van der Waals surface area contributed by atoms with Crippen molar-refractivity contribution in [3.8, 4) is 0 Å². The lowest BCUT2D eigenvalue weighted by Gasteiger charge is -2.27. The van der Waals surface area contributed by atoms with Crippen molar-refractivity contribution in [2.75, 3.05) is 51.7 Å². The molecule has 19 heavy (non-hydrogen) atoms. The molecule has 1 atom stereocenters. The average molecular weight is 291 g/mol. The standard InChI is InChI=1S/C12H25N3O3S/c16-19(17,11-12-3-1-2-4-13-12)14-5-6-15-7-9-18-10-8-15/h12-14H,1-11H2. The fourth-order valence-corrected chi connectivity index (χ4v) is 3.91. The first-order valence-corrected chi connectivity index (χ1v) is 8.82. The first-order valence-electron chi connectivity index (χ1n) is 7.16.